The van der Waals surface area contributed by atoms with Crippen LogP contribution in [0, 0.1) is 5.92 Å². The fourth-order valence-electron chi connectivity index (χ4n) is 0.719. The van der Waals surface area contributed by atoms with Crippen molar-refractivity contribution >= 4 is 11.6 Å². The summed E-state index contributed by atoms with van der Waals surface area (Å²) in [5.74, 6) is -0.329. The van der Waals surface area contributed by atoms with Crippen LogP contribution >= 0.6 is 0 Å². The van der Waals surface area contributed by atoms with Crippen molar-refractivity contribution in [3.8, 4) is 0 Å². The minimum absolute atomic E-state index is 0.146. The number of nitrogens with one attached hydrogen (secondary N) is 2. The van der Waals surface area contributed by atoms with Gasteiger partial charge < -0.3 is 5.32 Å². The summed E-state index contributed by atoms with van der Waals surface area (Å²) in [7, 11) is 0. The van der Waals surface area contributed by atoms with Crippen LogP contribution in [0.25, 0.3) is 0 Å². The number of nitrogens with zero attached hydrogens (tertiary/aromatic N) is 1. The fraction of sp³-hybridized carbons (Fsp3) is 0.375. The summed E-state index contributed by atoms with van der Waals surface area (Å²) < 4.78 is 0. The molecular formula is C8H11N3O2. The molecule has 0 fully saturated rings. The number of aromatic nitrogens is 2. The lowest BCUT2D eigenvalue weighted by Crippen LogP contribution is -2.23. The van der Waals surface area contributed by atoms with Gasteiger partial charge in [-0.15, -0.1) is 0 Å². The maximum absolute atomic E-state index is 11.2. The molecule has 1 rings (SSSR count). The number of aromatic amines is 1. The van der Waals surface area contributed by atoms with Gasteiger partial charge in [-0.05, 0) is 6.07 Å². The minimum atomic E-state index is -0.392. The third-order valence-corrected chi connectivity index (χ3v) is 1.51. The van der Waals surface area contributed by atoms with E-state index in [1.165, 1.54) is 12.3 Å². The van der Waals surface area contributed by atoms with Gasteiger partial charge in [0.25, 0.3) is 5.56 Å². The molecule has 1 heterocycles. The Morgan fingerprint density at radius 3 is 2.85 bits per heavy atom. The predicted molar refractivity (Wildman–Crippen MR) is 48.3 cm³/mol. The second-order valence-corrected chi connectivity index (χ2v) is 2.94. The molecule has 0 atom stereocenters. The molecular weight excluding hydrogens is 170 g/mol. The van der Waals surface area contributed by atoms with Crippen molar-refractivity contribution in [3.05, 3.63) is 22.6 Å². The Kier molecular flexibility index (Phi) is 2.79. The van der Waals surface area contributed by atoms with Crippen LogP contribution in [0.2, 0.25) is 0 Å². The minimum Gasteiger partial charge on any atom is -0.321 e. The summed E-state index contributed by atoms with van der Waals surface area (Å²) >= 11 is 0. The summed E-state index contributed by atoms with van der Waals surface area (Å²) in [6, 6.07) is 1.46. The number of amides is 1. The summed E-state index contributed by atoms with van der Waals surface area (Å²) in [5, 5.41) is 8.22. The molecule has 0 aliphatic rings. The first-order chi connectivity index (χ1) is 6.11. The van der Waals surface area contributed by atoms with Crippen molar-refractivity contribution in [3.63, 3.8) is 0 Å². The van der Waals surface area contributed by atoms with Crippen LogP contribution in [0.3, 0.4) is 0 Å². The Balaban J connectivity index is 2.81. The highest BCUT2D eigenvalue weighted by molar-refractivity contribution is 5.91. The Hall–Kier alpha value is -1.65. The van der Waals surface area contributed by atoms with Gasteiger partial charge in [-0.3, -0.25) is 9.59 Å². The van der Waals surface area contributed by atoms with Gasteiger partial charge >= 0.3 is 0 Å². The van der Waals surface area contributed by atoms with Gasteiger partial charge in [0.2, 0.25) is 5.91 Å². The number of anilines is 1. The molecule has 5 nitrogen and oxygen atoms in total. The summed E-state index contributed by atoms with van der Waals surface area (Å²) in [6.45, 7) is 3.51. The first-order valence-corrected chi connectivity index (χ1v) is 3.96. The number of rotatable bonds is 2. The monoisotopic (exact) mass is 181 g/mol. The van der Waals surface area contributed by atoms with E-state index in [1.807, 2.05) is 0 Å². The van der Waals surface area contributed by atoms with E-state index in [0.29, 0.717) is 0 Å². The third-order valence-electron chi connectivity index (χ3n) is 1.51. The lowest BCUT2D eigenvalue weighted by molar-refractivity contribution is -0.118. The molecule has 1 aromatic rings. The summed E-state index contributed by atoms with van der Waals surface area (Å²) in [6.07, 6.45) is 1.41. The van der Waals surface area contributed by atoms with E-state index in [4.69, 9.17) is 0 Å². The molecule has 0 bridgehead atoms. The molecule has 0 aromatic carbocycles. The van der Waals surface area contributed by atoms with E-state index >= 15 is 0 Å². The van der Waals surface area contributed by atoms with Crippen LogP contribution in [-0.2, 0) is 4.79 Å². The molecule has 1 amide bonds. The van der Waals surface area contributed by atoms with Crippen molar-refractivity contribution in [1.82, 2.24) is 10.2 Å². The number of hydrogen-bond acceptors (Lipinski definition) is 3. The van der Waals surface area contributed by atoms with Crippen molar-refractivity contribution in [2.45, 2.75) is 13.8 Å². The van der Waals surface area contributed by atoms with Crippen LogP contribution in [0.5, 0.6) is 0 Å². The molecule has 2 N–H and O–H groups in total. The van der Waals surface area contributed by atoms with Crippen molar-refractivity contribution in [1.29, 1.82) is 0 Å². The lowest BCUT2D eigenvalue weighted by atomic mass is 10.2. The van der Waals surface area contributed by atoms with Crippen molar-refractivity contribution < 1.29 is 4.79 Å². The molecule has 0 saturated heterocycles. The molecule has 0 aliphatic carbocycles. The van der Waals surface area contributed by atoms with E-state index < -0.39 is 5.56 Å². The van der Waals surface area contributed by atoms with Gasteiger partial charge in [0, 0.05) is 12.1 Å². The first kappa shape index (κ1) is 9.44. The molecule has 13 heavy (non-hydrogen) atoms. The zero-order valence-corrected chi connectivity index (χ0v) is 7.50. The lowest BCUT2D eigenvalue weighted by Gasteiger charge is -2.05. The summed E-state index contributed by atoms with van der Waals surface area (Å²) in [4.78, 5) is 22.2. The molecule has 0 radical (unpaired) electrons. The van der Waals surface area contributed by atoms with Gasteiger partial charge in [0.05, 0.1) is 0 Å². The molecule has 0 saturated carbocycles. The largest absolute Gasteiger partial charge is 0.321 e. The zero-order valence-electron chi connectivity index (χ0n) is 7.50. The number of carbonyl (C=O) groups excluding carboxylic acids is 1. The molecule has 5 heteroatoms. The van der Waals surface area contributed by atoms with Crippen molar-refractivity contribution in [2.24, 2.45) is 5.92 Å². The number of hydrogen-bond donors (Lipinski definition) is 2. The average Bonchev–Trinajstić information content (AvgIpc) is 2.08. The van der Waals surface area contributed by atoms with Crippen LogP contribution in [0.1, 0.15) is 13.8 Å². The fourth-order valence-corrected chi connectivity index (χ4v) is 0.719. The average molecular weight is 181 g/mol. The highest BCUT2D eigenvalue weighted by Crippen LogP contribution is 1.99. The van der Waals surface area contributed by atoms with E-state index in [-0.39, 0.29) is 17.5 Å². The van der Waals surface area contributed by atoms with E-state index in [1.54, 1.807) is 13.8 Å². The Labute approximate surface area is 75.2 Å². The number of carbonyl (C=O) groups is 1. The maximum atomic E-state index is 11.2. The standard InChI is InChI=1S/C8H11N3O2/c1-5(2)7(12)10-6-3-4-9-11-8(6)13/h3-5H,1-2H3,(H,11,13)(H,9,10,12). The highest BCUT2D eigenvalue weighted by atomic mass is 16.2. The van der Waals surface area contributed by atoms with E-state index in [9.17, 15) is 9.59 Å². The Bertz CT molecular complexity index is 356. The van der Waals surface area contributed by atoms with Crippen LogP contribution < -0.4 is 10.9 Å². The second-order valence-electron chi connectivity index (χ2n) is 2.94. The van der Waals surface area contributed by atoms with Crippen LogP contribution in [0.15, 0.2) is 17.1 Å². The second kappa shape index (κ2) is 3.84. The first-order valence-electron chi connectivity index (χ1n) is 3.96. The third kappa shape index (κ3) is 2.40. The Morgan fingerprint density at radius 2 is 2.31 bits per heavy atom. The quantitative estimate of drug-likeness (QED) is 0.691. The van der Waals surface area contributed by atoms with Crippen LogP contribution in [0.4, 0.5) is 5.69 Å². The van der Waals surface area contributed by atoms with Crippen molar-refractivity contribution in [2.75, 3.05) is 5.32 Å². The van der Waals surface area contributed by atoms with E-state index in [0.717, 1.165) is 0 Å². The van der Waals surface area contributed by atoms with E-state index in [2.05, 4.69) is 15.5 Å². The topological polar surface area (TPSA) is 74.8 Å². The molecule has 70 valence electrons. The predicted octanol–water partition coefficient (Wildman–Crippen LogP) is 0.364. The van der Waals surface area contributed by atoms with Crippen LogP contribution in [-0.4, -0.2) is 16.1 Å². The molecule has 1 aromatic heterocycles. The molecule has 0 aliphatic heterocycles. The Morgan fingerprint density at radius 1 is 1.62 bits per heavy atom. The van der Waals surface area contributed by atoms with Gasteiger partial charge in [0.1, 0.15) is 5.69 Å². The van der Waals surface area contributed by atoms with Gasteiger partial charge in [-0.1, -0.05) is 13.8 Å². The summed E-state index contributed by atoms with van der Waals surface area (Å²) in [5.41, 5.74) is -0.162. The normalized spacial score (nSPS) is 10.1. The number of H-pyrrole nitrogens is 1. The van der Waals surface area contributed by atoms with Gasteiger partial charge in [-0.2, -0.15) is 5.10 Å². The maximum Gasteiger partial charge on any atom is 0.287 e. The highest BCUT2D eigenvalue weighted by Gasteiger charge is 2.08. The van der Waals surface area contributed by atoms with Gasteiger partial charge in [-0.25, -0.2) is 5.10 Å². The molecule has 0 unspecified atom stereocenters. The molecule has 0 spiro atoms. The van der Waals surface area contributed by atoms with Gasteiger partial charge in [0.15, 0.2) is 0 Å². The zero-order chi connectivity index (χ0) is 9.84. The smallest absolute Gasteiger partial charge is 0.287 e. The SMILES string of the molecule is CC(C)C(=O)Nc1ccn[nH]c1=O.